The molecular weight excluding hydrogens is 542 g/mol. The molecular formula is C25H31Cl2FN4O4S. The number of anilines is 1. The van der Waals surface area contributed by atoms with Gasteiger partial charge in [0, 0.05) is 36.7 Å². The second kappa shape index (κ2) is 12.4. The van der Waals surface area contributed by atoms with Gasteiger partial charge in [0.15, 0.2) is 0 Å². The molecule has 1 N–H and O–H groups in total. The van der Waals surface area contributed by atoms with Gasteiger partial charge in [-0.3, -0.25) is 9.59 Å². The summed E-state index contributed by atoms with van der Waals surface area (Å²) in [6.45, 7) is 0.931. The Kier molecular flexibility index (Phi) is 9.80. The predicted octanol–water partition coefficient (Wildman–Crippen LogP) is 4.22. The molecule has 0 spiro atoms. The molecule has 0 saturated heterocycles. The highest BCUT2D eigenvalue weighted by Crippen LogP contribution is 2.25. The third-order valence-electron chi connectivity index (χ3n) is 6.36. The van der Waals surface area contributed by atoms with Gasteiger partial charge >= 0.3 is 10.2 Å². The number of rotatable bonds is 10. The van der Waals surface area contributed by atoms with Gasteiger partial charge in [-0.15, -0.1) is 0 Å². The van der Waals surface area contributed by atoms with Crippen LogP contribution in [0, 0.1) is 5.82 Å². The van der Waals surface area contributed by atoms with Crippen molar-refractivity contribution in [2.24, 2.45) is 0 Å². The maximum atomic E-state index is 13.7. The highest BCUT2D eigenvalue weighted by molar-refractivity contribution is 7.90. The minimum absolute atomic E-state index is 0.0378. The van der Waals surface area contributed by atoms with Gasteiger partial charge in [0.05, 0.1) is 5.69 Å². The van der Waals surface area contributed by atoms with Gasteiger partial charge < -0.3 is 10.2 Å². The Morgan fingerprint density at radius 2 is 1.70 bits per heavy atom. The zero-order valence-corrected chi connectivity index (χ0v) is 23.3. The van der Waals surface area contributed by atoms with Crippen LogP contribution in [-0.2, 0) is 26.3 Å². The maximum Gasteiger partial charge on any atom is 0.304 e. The Hall–Kier alpha value is -2.40. The molecule has 0 unspecified atom stereocenters. The van der Waals surface area contributed by atoms with Crippen molar-refractivity contribution in [3.63, 3.8) is 0 Å². The minimum atomic E-state index is -4.13. The van der Waals surface area contributed by atoms with Crippen molar-refractivity contribution in [2.75, 3.05) is 24.9 Å². The van der Waals surface area contributed by atoms with Crippen LogP contribution < -0.4 is 9.62 Å². The Bertz CT molecular complexity index is 1220. The second-order valence-electron chi connectivity index (χ2n) is 9.20. The first-order valence-corrected chi connectivity index (χ1v) is 14.0. The summed E-state index contributed by atoms with van der Waals surface area (Å²) in [6.07, 6.45) is 3.79. The van der Waals surface area contributed by atoms with Crippen LogP contribution in [0.3, 0.4) is 0 Å². The van der Waals surface area contributed by atoms with E-state index in [9.17, 15) is 22.4 Å². The number of hydrogen-bond donors (Lipinski definition) is 1. The molecule has 2 amide bonds. The second-order valence-corrected chi connectivity index (χ2v) is 12.1. The molecule has 1 saturated carbocycles. The Balaban J connectivity index is 1.94. The lowest BCUT2D eigenvalue weighted by molar-refractivity contribution is -0.139. The minimum Gasteiger partial charge on any atom is -0.352 e. The van der Waals surface area contributed by atoms with Crippen molar-refractivity contribution in [3.8, 4) is 0 Å². The maximum absolute atomic E-state index is 13.7. The van der Waals surface area contributed by atoms with E-state index in [0.717, 1.165) is 46.4 Å². The van der Waals surface area contributed by atoms with Crippen LogP contribution in [0.1, 0.15) is 38.2 Å². The van der Waals surface area contributed by atoms with Crippen molar-refractivity contribution in [2.45, 2.75) is 51.2 Å². The van der Waals surface area contributed by atoms with Crippen molar-refractivity contribution in [1.29, 1.82) is 0 Å². The lowest BCUT2D eigenvalue weighted by Gasteiger charge is -2.33. The zero-order valence-electron chi connectivity index (χ0n) is 21.0. The average molecular weight is 574 g/mol. The van der Waals surface area contributed by atoms with Crippen molar-refractivity contribution < 1.29 is 22.4 Å². The van der Waals surface area contributed by atoms with E-state index in [2.05, 4.69) is 5.32 Å². The first-order valence-electron chi connectivity index (χ1n) is 11.9. The van der Waals surface area contributed by atoms with Gasteiger partial charge in [-0.05, 0) is 61.7 Å². The molecule has 0 bridgehead atoms. The number of carbonyl (C=O) groups excluding carboxylic acids is 2. The number of hydrogen-bond acceptors (Lipinski definition) is 4. The normalized spacial score (nSPS) is 15.0. The molecule has 3 rings (SSSR count). The van der Waals surface area contributed by atoms with Crippen molar-refractivity contribution in [3.05, 3.63) is 63.9 Å². The SMILES string of the molecule is C[C@@H](C(=O)NC1CCCC1)N(Cc1ccc(Cl)cc1Cl)C(=O)CN(c1ccc(F)cc1)S(=O)(=O)N(C)C. The quantitative estimate of drug-likeness (QED) is 0.461. The van der Waals surface area contributed by atoms with Crippen LogP contribution in [-0.4, -0.2) is 62.2 Å². The molecule has 2 aromatic rings. The summed E-state index contributed by atoms with van der Waals surface area (Å²) in [7, 11) is -1.47. The molecule has 202 valence electrons. The lowest BCUT2D eigenvalue weighted by atomic mass is 10.1. The Morgan fingerprint density at radius 3 is 2.27 bits per heavy atom. The molecule has 2 aromatic carbocycles. The van der Waals surface area contributed by atoms with Gasteiger partial charge in [0.1, 0.15) is 18.4 Å². The summed E-state index contributed by atoms with van der Waals surface area (Å²) in [5.74, 6) is -1.52. The number of carbonyl (C=O) groups is 2. The standard InChI is InChI=1S/C25H31Cl2FN4O4S/c1-17(25(34)29-21-6-4-5-7-21)31(15-18-8-9-19(26)14-23(18)27)24(33)16-32(37(35,36)30(2)3)22-12-10-20(28)11-13-22/h8-14,17,21H,4-7,15-16H2,1-3H3,(H,29,34)/t17-/m0/s1. The first kappa shape index (κ1) is 29.2. The fourth-order valence-electron chi connectivity index (χ4n) is 4.13. The molecule has 1 atom stereocenters. The molecule has 1 aliphatic carbocycles. The third-order valence-corrected chi connectivity index (χ3v) is 8.76. The largest absolute Gasteiger partial charge is 0.352 e. The molecule has 37 heavy (non-hydrogen) atoms. The highest BCUT2D eigenvalue weighted by atomic mass is 35.5. The van der Waals surface area contributed by atoms with E-state index < -0.39 is 34.5 Å². The molecule has 0 aliphatic heterocycles. The summed E-state index contributed by atoms with van der Waals surface area (Å²) in [4.78, 5) is 28.1. The van der Waals surface area contributed by atoms with Crippen LogP contribution in [0.2, 0.25) is 10.0 Å². The summed E-state index contributed by atoms with van der Waals surface area (Å²) in [5.41, 5.74) is 0.653. The van der Waals surface area contributed by atoms with Crippen LogP contribution >= 0.6 is 23.2 Å². The monoisotopic (exact) mass is 572 g/mol. The molecule has 12 heteroatoms. The van der Waals surface area contributed by atoms with E-state index in [1.807, 2.05) is 0 Å². The topological polar surface area (TPSA) is 90.0 Å². The number of halogens is 3. The van der Waals surface area contributed by atoms with E-state index in [1.54, 1.807) is 19.1 Å². The number of benzene rings is 2. The summed E-state index contributed by atoms with van der Waals surface area (Å²) < 4.78 is 41.6. The van der Waals surface area contributed by atoms with Gasteiger partial charge in [0.25, 0.3) is 0 Å². The number of amides is 2. The summed E-state index contributed by atoms with van der Waals surface area (Å²) in [6, 6.07) is 8.71. The van der Waals surface area contributed by atoms with E-state index in [4.69, 9.17) is 23.2 Å². The highest BCUT2D eigenvalue weighted by Gasteiger charge is 2.33. The lowest BCUT2D eigenvalue weighted by Crippen LogP contribution is -2.53. The van der Waals surface area contributed by atoms with Crippen LogP contribution in [0.4, 0.5) is 10.1 Å². The Labute approximate surface area is 227 Å². The summed E-state index contributed by atoms with van der Waals surface area (Å²) >= 11 is 12.4. The van der Waals surface area contributed by atoms with Gasteiger partial charge in [-0.2, -0.15) is 12.7 Å². The van der Waals surface area contributed by atoms with Crippen LogP contribution in [0.15, 0.2) is 42.5 Å². The fourth-order valence-corrected chi connectivity index (χ4v) is 5.66. The predicted molar refractivity (Wildman–Crippen MR) is 143 cm³/mol. The fraction of sp³-hybridized carbons (Fsp3) is 0.440. The van der Waals surface area contributed by atoms with Crippen LogP contribution in [0.5, 0.6) is 0 Å². The summed E-state index contributed by atoms with van der Waals surface area (Å²) in [5, 5.41) is 3.72. The average Bonchev–Trinajstić information content (AvgIpc) is 3.35. The van der Waals surface area contributed by atoms with E-state index in [0.29, 0.717) is 15.6 Å². The van der Waals surface area contributed by atoms with Gasteiger partial charge in [-0.1, -0.05) is 42.1 Å². The molecule has 8 nitrogen and oxygen atoms in total. The van der Waals surface area contributed by atoms with Gasteiger partial charge in [0.2, 0.25) is 11.8 Å². The zero-order chi connectivity index (χ0) is 27.3. The van der Waals surface area contributed by atoms with E-state index in [1.165, 1.54) is 37.2 Å². The van der Waals surface area contributed by atoms with Gasteiger partial charge in [-0.25, -0.2) is 8.70 Å². The first-order chi connectivity index (χ1) is 17.4. The van der Waals surface area contributed by atoms with Crippen LogP contribution in [0.25, 0.3) is 0 Å². The molecule has 0 aromatic heterocycles. The molecule has 1 aliphatic rings. The third kappa shape index (κ3) is 7.34. The number of nitrogens with zero attached hydrogens (tertiary/aromatic N) is 3. The molecule has 0 heterocycles. The van der Waals surface area contributed by atoms with E-state index in [-0.39, 0.29) is 24.2 Å². The van der Waals surface area contributed by atoms with Crippen molar-refractivity contribution in [1.82, 2.24) is 14.5 Å². The van der Waals surface area contributed by atoms with E-state index >= 15 is 0 Å². The molecule has 1 fully saturated rings. The molecule has 0 radical (unpaired) electrons. The number of nitrogens with one attached hydrogen (secondary N) is 1. The smallest absolute Gasteiger partial charge is 0.304 e. The Morgan fingerprint density at radius 1 is 1.08 bits per heavy atom. The van der Waals surface area contributed by atoms with Crippen molar-refractivity contribution >= 4 is 50.9 Å².